The number of hydrogen-bond donors (Lipinski definition) is 0. The normalized spacial score (nSPS) is 18.5. The van der Waals surface area contributed by atoms with Gasteiger partial charge in [0.2, 0.25) is 0 Å². The van der Waals surface area contributed by atoms with Gasteiger partial charge < -0.3 is 4.12 Å². The van der Waals surface area contributed by atoms with E-state index in [9.17, 15) is 0 Å². The van der Waals surface area contributed by atoms with Gasteiger partial charge in [0.25, 0.3) is 0 Å². The summed E-state index contributed by atoms with van der Waals surface area (Å²) in [5.74, 6) is 0. The highest BCUT2D eigenvalue weighted by Crippen LogP contribution is 2.09. The molecule has 0 aromatic rings. The molecule has 0 aliphatic carbocycles. The van der Waals surface area contributed by atoms with E-state index in [4.69, 9.17) is 4.12 Å². The van der Waals surface area contributed by atoms with Crippen molar-refractivity contribution in [3.8, 4) is 0 Å². The lowest BCUT2D eigenvalue weighted by Gasteiger charge is -2.11. The van der Waals surface area contributed by atoms with Gasteiger partial charge in [-0.05, 0) is 11.1 Å². The lowest BCUT2D eigenvalue weighted by atomic mass is 10.4. The van der Waals surface area contributed by atoms with Gasteiger partial charge in [0.15, 0.2) is 0 Å². The molecule has 0 saturated heterocycles. The van der Waals surface area contributed by atoms with E-state index in [2.05, 4.69) is 27.7 Å². The van der Waals surface area contributed by atoms with E-state index in [0.717, 1.165) is 11.1 Å². The van der Waals surface area contributed by atoms with Crippen molar-refractivity contribution >= 4 is 19.5 Å². The van der Waals surface area contributed by atoms with Crippen LogP contribution in [0.3, 0.4) is 0 Å². The molecule has 3 heteroatoms. The lowest BCUT2D eigenvalue weighted by molar-refractivity contribution is 0.587. The molecule has 0 aliphatic heterocycles. The standard InChI is InChI=1S/C8H22OSi2/c1-5-7(3)10-9-11-8(4)6-2/h7-8H,5-6,10-11H2,1-4H3. The molecule has 1 nitrogen and oxygen atoms in total. The second-order valence-electron chi connectivity index (χ2n) is 3.56. The van der Waals surface area contributed by atoms with E-state index in [1.807, 2.05) is 0 Å². The van der Waals surface area contributed by atoms with E-state index in [1.54, 1.807) is 0 Å². The van der Waals surface area contributed by atoms with Crippen LogP contribution in [-0.2, 0) is 4.12 Å². The van der Waals surface area contributed by atoms with Crippen molar-refractivity contribution in [3.63, 3.8) is 0 Å². The van der Waals surface area contributed by atoms with Crippen LogP contribution in [-0.4, -0.2) is 19.5 Å². The van der Waals surface area contributed by atoms with Gasteiger partial charge in [-0.25, -0.2) is 0 Å². The van der Waals surface area contributed by atoms with Gasteiger partial charge in [-0.2, -0.15) is 0 Å². The van der Waals surface area contributed by atoms with Crippen LogP contribution >= 0.6 is 0 Å². The molecular formula is C8H22OSi2. The molecule has 0 aromatic carbocycles. The van der Waals surface area contributed by atoms with Gasteiger partial charge in [-0.15, -0.1) is 0 Å². The van der Waals surface area contributed by atoms with Crippen LogP contribution in [0.5, 0.6) is 0 Å². The molecule has 0 N–H and O–H groups in total. The molecule has 0 radical (unpaired) electrons. The minimum absolute atomic E-state index is 0.155. The Hall–Kier alpha value is 0.394. The molecule has 0 fully saturated rings. The maximum absolute atomic E-state index is 5.82. The lowest BCUT2D eigenvalue weighted by Crippen LogP contribution is -2.11. The van der Waals surface area contributed by atoms with Crippen molar-refractivity contribution < 1.29 is 4.12 Å². The molecule has 0 aliphatic rings. The van der Waals surface area contributed by atoms with E-state index >= 15 is 0 Å². The van der Waals surface area contributed by atoms with E-state index in [-0.39, 0.29) is 19.5 Å². The van der Waals surface area contributed by atoms with E-state index in [1.165, 1.54) is 12.8 Å². The molecule has 2 atom stereocenters. The number of rotatable bonds is 6. The molecule has 0 bridgehead atoms. The summed E-state index contributed by atoms with van der Waals surface area (Å²) in [4.78, 5) is 0. The fourth-order valence-corrected chi connectivity index (χ4v) is 4.94. The van der Waals surface area contributed by atoms with E-state index < -0.39 is 0 Å². The first-order valence-electron chi connectivity index (χ1n) is 4.78. The average molecular weight is 190 g/mol. The number of hydrogen-bond acceptors (Lipinski definition) is 1. The maximum Gasteiger partial charge on any atom is 0.148 e. The predicted octanol–water partition coefficient (Wildman–Crippen LogP) is 1.61. The summed E-state index contributed by atoms with van der Waals surface area (Å²) in [6.07, 6.45) is 2.61. The third-order valence-corrected chi connectivity index (χ3v) is 6.38. The van der Waals surface area contributed by atoms with Crippen molar-refractivity contribution in [2.24, 2.45) is 0 Å². The van der Waals surface area contributed by atoms with Crippen molar-refractivity contribution in [2.45, 2.75) is 51.6 Å². The van der Waals surface area contributed by atoms with Crippen LogP contribution in [0.2, 0.25) is 11.1 Å². The molecule has 0 amide bonds. The third kappa shape index (κ3) is 6.78. The van der Waals surface area contributed by atoms with Gasteiger partial charge in [-0.1, -0.05) is 40.5 Å². The highest BCUT2D eigenvalue weighted by molar-refractivity contribution is 6.44. The monoisotopic (exact) mass is 190 g/mol. The fraction of sp³-hybridized carbons (Fsp3) is 1.00. The summed E-state index contributed by atoms with van der Waals surface area (Å²) in [5, 5.41) is 0. The van der Waals surface area contributed by atoms with Crippen LogP contribution in [0.15, 0.2) is 0 Å². The summed E-state index contributed by atoms with van der Waals surface area (Å²) in [6, 6.07) is 0. The zero-order valence-corrected chi connectivity index (χ0v) is 11.2. The zero-order valence-electron chi connectivity index (χ0n) is 8.39. The van der Waals surface area contributed by atoms with Crippen LogP contribution in [0.1, 0.15) is 40.5 Å². The first-order valence-corrected chi connectivity index (χ1v) is 7.57. The SMILES string of the molecule is CCC(C)[SiH2]O[SiH2]C(C)CC. The van der Waals surface area contributed by atoms with Gasteiger partial charge in [0, 0.05) is 0 Å². The first kappa shape index (κ1) is 11.4. The van der Waals surface area contributed by atoms with Crippen molar-refractivity contribution in [1.29, 1.82) is 0 Å². The van der Waals surface area contributed by atoms with Crippen LogP contribution in [0, 0.1) is 0 Å². The topological polar surface area (TPSA) is 9.23 Å². The fourth-order valence-electron chi connectivity index (χ4n) is 0.706. The summed E-state index contributed by atoms with van der Waals surface area (Å²) in [5.41, 5.74) is 1.79. The molecule has 0 saturated carbocycles. The molecule has 11 heavy (non-hydrogen) atoms. The Morgan fingerprint density at radius 3 is 1.64 bits per heavy atom. The quantitative estimate of drug-likeness (QED) is 0.578. The van der Waals surface area contributed by atoms with Gasteiger partial charge in [-0.3, -0.25) is 0 Å². The minimum atomic E-state index is -0.155. The second kappa shape index (κ2) is 7.07. The van der Waals surface area contributed by atoms with Crippen LogP contribution < -0.4 is 0 Å². The average Bonchev–Trinajstić information content (AvgIpc) is 2.04. The highest BCUT2D eigenvalue weighted by Gasteiger charge is 2.02. The van der Waals surface area contributed by atoms with Crippen LogP contribution in [0.4, 0.5) is 0 Å². The van der Waals surface area contributed by atoms with Gasteiger partial charge in [0.1, 0.15) is 19.5 Å². The maximum atomic E-state index is 5.82. The first-order chi connectivity index (χ1) is 5.20. The molecule has 0 spiro atoms. The summed E-state index contributed by atoms with van der Waals surface area (Å²) < 4.78 is 5.82. The van der Waals surface area contributed by atoms with E-state index in [0.29, 0.717) is 0 Å². The Morgan fingerprint density at radius 1 is 1.00 bits per heavy atom. The Kier molecular flexibility index (Phi) is 7.32. The predicted molar refractivity (Wildman–Crippen MR) is 57.6 cm³/mol. The molecule has 0 heterocycles. The Labute approximate surface area is 75.8 Å². The molecule has 2 unspecified atom stereocenters. The van der Waals surface area contributed by atoms with Crippen LogP contribution in [0.25, 0.3) is 0 Å². The molecule has 68 valence electrons. The Balaban J connectivity index is 3.13. The van der Waals surface area contributed by atoms with Crippen molar-refractivity contribution in [2.75, 3.05) is 0 Å². The molecule has 0 rings (SSSR count). The summed E-state index contributed by atoms with van der Waals surface area (Å²) in [6.45, 7) is 9.14. The largest absolute Gasteiger partial charge is 0.465 e. The van der Waals surface area contributed by atoms with Crippen molar-refractivity contribution in [3.05, 3.63) is 0 Å². The Bertz CT molecular complexity index is 78.2. The Morgan fingerprint density at radius 2 is 1.36 bits per heavy atom. The van der Waals surface area contributed by atoms with Crippen molar-refractivity contribution in [1.82, 2.24) is 0 Å². The molecular weight excluding hydrogens is 168 g/mol. The van der Waals surface area contributed by atoms with Gasteiger partial charge >= 0.3 is 0 Å². The summed E-state index contributed by atoms with van der Waals surface area (Å²) >= 11 is 0. The summed E-state index contributed by atoms with van der Waals surface area (Å²) in [7, 11) is -0.309. The minimum Gasteiger partial charge on any atom is -0.465 e. The second-order valence-corrected chi connectivity index (χ2v) is 8.65. The zero-order chi connectivity index (χ0) is 8.69. The molecule has 0 aromatic heterocycles. The van der Waals surface area contributed by atoms with Gasteiger partial charge in [0.05, 0.1) is 0 Å². The highest BCUT2D eigenvalue weighted by atomic mass is 28.3. The third-order valence-electron chi connectivity index (χ3n) is 2.20. The smallest absolute Gasteiger partial charge is 0.148 e.